The summed E-state index contributed by atoms with van der Waals surface area (Å²) in [5.74, 6) is -0.319. The van der Waals surface area contributed by atoms with Gasteiger partial charge in [0.25, 0.3) is 0 Å². The number of methoxy groups -OCH3 is 3. The molecule has 0 bridgehead atoms. The van der Waals surface area contributed by atoms with Crippen molar-refractivity contribution in [3.8, 4) is 17.2 Å². The number of ether oxygens (including phenoxy) is 3. The standard InChI is InChI=1S/C14H14O5/c1-17-11-8-6-4-5-7-9(8)12(18-2)13(19-3)10(11)14(15)16/h4-7H,1-3H3,(H,15,16). The fourth-order valence-electron chi connectivity index (χ4n) is 2.16. The van der Waals surface area contributed by atoms with Gasteiger partial charge in [-0.25, -0.2) is 4.79 Å². The monoisotopic (exact) mass is 262 g/mol. The Labute approximate surface area is 110 Å². The second kappa shape index (κ2) is 5.06. The summed E-state index contributed by atoms with van der Waals surface area (Å²) in [6.45, 7) is 0. The number of benzene rings is 2. The maximum atomic E-state index is 11.5. The van der Waals surface area contributed by atoms with Gasteiger partial charge >= 0.3 is 5.97 Å². The largest absolute Gasteiger partial charge is 0.495 e. The van der Waals surface area contributed by atoms with Crippen LogP contribution in [0.4, 0.5) is 0 Å². The maximum absolute atomic E-state index is 11.5. The molecular formula is C14H14O5. The summed E-state index contributed by atoms with van der Waals surface area (Å²) in [6.07, 6.45) is 0. The Morgan fingerprint density at radius 1 is 0.895 bits per heavy atom. The molecule has 0 atom stereocenters. The molecule has 0 aliphatic carbocycles. The van der Waals surface area contributed by atoms with Crippen molar-refractivity contribution in [1.82, 2.24) is 0 Å². The average Bonchev–Trinajstić information content (AvgIpc) is 2.44. The Balaban J connectivity index is 3.01. The number of hydrogen-bond donors (Lipinski definition) is 1. The third-order valence-corrected chi connectivity index (χ3v) is 2.90. The predicted molar refractivity (Wildman–Crippen MR) is 70.6 cm³/mol. The molecule has 0 spiro atoms. The number of carboxylic acids is 1. The molecule has 0 radical (unpaired) electrons. The molecule has 5 heteroatoms. The molecule has 2 rings (SSSR count). The first kappa shape index (κ1) is 13.0. The third-order valence-electron chi connectivity index (χ3n) is 2.90. The zero-order chi connectivity index (χ0) is 14.0. The van der Waals surface area contributed by atoms with Gasteiger partial charge in [-0.1, -0.05) is 24.3 Å². The lowest BCUT2D eigenvalue weighted by Crippen LogP contribution is -2.06. The smallest absolute Gasteiger partial charge is 0.343 e. The minimum absolute atomic E-state index is 0.0412. The highest BCUT2D eigenvalue weighted by Gasteiger charge is 2.26. The van der Waals surface area contributed by atoms with Crippen LogP contribution in [-0.4, -0.2) is 32.4 Å². The van der Waals surface area contributed by atoms with Crippen molar-refractivity contribution < 1.29 is 24.1 Å². The van der Waals surface area contributed by atoms with Gasteiger partial charge in [0, 0.05) is 10.8 Å². The zero-order valence-corrected chi connectivity index (χ0v) is 10.9. The van der Waals surface area contributed by atoms with Gasteiger partial charge in [-0.15, -0.1) is 0 Å². The summed E-state index contributed by atoms with van der Waals surface area (Å²) < 4.78 is 15.7. The molecule has 0 aliphatic heterocycles. The molecule has 19 heavy (non-hydrogen) atoms. The molecule has 0 saturated heterocycles. The second-order valence-corrected chi connectivity index (χ2v) is 3.83. The first-order valence-electron chi connectivity index (χ1n) is 5.59. The van der Waals surface area contributed by atoms with Gasteiger partial charge in [0.15, 0.2) is 11.5 Å². The highest BCUT2D eigenvalue weighted by atomic mass is 16.5. The van der Waals surface area contributed by atoms with Crippen LogP contribution in [0.25, 0.3) is 10.8 Å². The van der Waals surface area contributed by atoms with E-state index in [1.807, 2.05) is 18.2 Å². The zero-order valence-electron chi connectivity index (χ0n) is 10.9. The Kier molecular flexibility index (Phi) is 3.46. The van der Waals surface area contributed by atoms with Crippen LogP contribution in [0.15, 0.2) is 24.3 Å². The Morgan fingerprint density at radius 3 is 1.79 bits per heavy atom. The summed E-state index contributed by atoms with van der Waals surface area (Å²) in [5, 5.41) is 10.8. The molecule has 0 saturated carbocycles. The Hall–Kier alpha value is -2.43. The van der Waals surface area contributed by atoms with Crippen molar-refractivity contribution in [2.45, 2.75) is 0 Å². The van der Waals surface area contributed by atoms with Gasteiger partial charge in [0.05, 0.1) is 21.3 Å². The molecule has 2 aromatic carbocycles. The number of aromatic carboxylic acids is 1. The first-order valence-corrected chi connectivity index (χ1v) is 5.59. The van der Waals surface area contributed by atoms with Crippen LogP contribution in [0.3, 0.4) is 0 Å². The lowest BCUT2D eigenvalue weighted by atomic mass is 10.0. The molecule has 0 aromatic heterocycles. The van der Waals surface area contributed by atoms with E-state index in [1.54, 1.807) is 6.07 Å². The summed E-state index contributed by atoms with van der Waals surface area (Å²) in [7, 11) is 4.31. The van der Waals surface area contributed by atoms with Crippen molar-refractivity contribution in [2.24, 2.45) is 0 Å². The molecule has 1 N–H and O–H groups in total. The van der Waals surface area contributed by atoms with E-state index in [9.17, 15) is 9.90 Å². The van der Waals surface area contributed by atoms with Crippen LogP contribution in [0.1, 0.15) is 10.4 Å². The van der Waals surface area contributed by atoms with E-state index in [1.165, 1.54) is 21.3 Å². The maximum Gasteiger partial charge on any atom is 0.343 e. The molecule has 0 fully saturated rings. The molecule has 0 heterocycles. The predicted octanol–water partition coefficient (Wildman–Crippen LogP) is 2.56. The van der Waals surface area contributed by atoms with E-state index < -0.39 is 5.97 Å². The molecular weight excluding hydrogens is 248 g/mol. The van der Waals surface area contributed by atoms with Gasteiger partial charge in [-0.05, 0) is 0 Å². The van der Waals surface area contributed by atoms with Gasteiger partial charge in [0.2, 0.25) is 0 Å². The van der Waals surface area contributed by atoms with Gasteiger partial charge < -0.3 is 19.3 Å². The van der Waals surface area contributed by atoms with E-state index in [0.29, 0.717) is 11.1 Å². The summed E-state index contributed by atoms with van der Waals surface area (Å²) in [6, 6.07) is 7.25. The van der Waals surface area contributed by atoms with Gasteiger partial charge in [-0.2, -0.15) is 0 Å². The SMILES string of the molecule is COc1c(C(=O)O)c(OC)c2ccccc2c1OC. The average molecular weight is 262 g/mol. The molecule has 2 aromatic rings. The number of rotatable bonds is 4. The lowest BCUT2D eigenvalue weighted by Gasteiger charge is -2.17. The van der Waals surface area contributed by atoms with E-state index in [4.69, 9.17) is 14.2 Å². The van der Waals surface area contributed by atoms with Crippen molar-refractivity contribution in [3.05, 3.63) is 29.8 Å². The topological polar surface area (TPSA) is 65.0 Å². The minimum atomic E-state index is -1.13. The second-order valence-electron chi connectivity index (χ2n) is 3.83. The number of fused-ring (bicyclic) bond motifs is 1. The quantitative estimate of drug-likeness (QED) is 0.917. The van der Waals surface area contributed by atoms with Gasteiger partial charge in [-0.3, -0.25) is 0 Å². The molecule has 5 nitrogen and oxygen atoms in total. The van der Waals surface area contributed by atoms with Crippen molar-refractivity contribution in [2.75, 3.05) is 21.3 Å². The van der Waals surface area contributed by atoms with E-state index in [-0.39, 0.29) is 17.1 Å². The number of carboxylic acid groups (broad SMARTS) is 1. The number of carbonyl (C=O) groups is 1. The normalized spacial score (nSPS) is 10.3. The molecule has 0 aliphatic rings. The fraction of sp³-hybridized carbons (Fsp3) is 0.214. The Bertz CT molecular complexity index is 633. The number of hydrogen-bond acceptors (Lipinski definition) is 4. The fourth-order valence-corrected chi connectivity index (χ4v) is 2.16. The van der Waals surface area contributed by atoms with Crippen molar-refractivity contribution in [3.63, 3.8) is 0 Å². The molecule has 100 valence electrons. The van der Waals surface area contributed by atoms with Crippen LogP contribution in [0.5, 0.6) is 17.2 Å². The van der Waals surface area contributed by atoms with Gasteiger partial charge in [0.1, 0.15) is 11.3 Å². The van der Waals surface area contributed by atoms with Crippen molar-refractivity contribution in [1.29, 1.82) is 0 Å². The highest BCUT2D eigenvalue weighted by molar-refractivity contribution is 6.07. The summed E-state index contributed by atoms with van der Waals surface area (Å²) >= 11 is 0. The first-order chi connectivity index (χ1) is 9.15. The highest BCUT2D eigenvalue weighted by Crippen LogP contribution is 2.45. The Morgan fingerprint density at radius 2 is 1.37 bits per heavy atom. The molecule has 0 amide bonds. The summed E-state index contributed by atoms with van der Waals surface area (Å²) in [5.41, 5.74) is -0.0412. The summed E-state index contributed by atoms with van der Waals surface area (Å²) in [4.78, 5) is 11.5. The van der Waals surface area contributed by atoms with Crippen LogP contribution in [-0.2, 0) is 0 Å². The van der Waals surface area contributed by atoms with E-state index in [2.05, 4.69) is 0 Å². The van der Waals surface area contributed by atoms with Crippen LogP contribution >= 0.6 is 0 Å². The lowest BCUT2D eigenvalue weighted by molar-refractivity contribution is 0.0689. The molecule has 0 unspecified atom stereocenters. The minimum Gasteiger partial charge on any atom is -0.495 e. The van der Waals surface area contributed by atoms with Crippen molar-refractivity contribution >= 4 is 16.7 Å². The van der Waals surface area contributed by atoms with Crippen LogP contribution in [0.2, 0.25) is 0 Å². The van der Waals surface area contributed by atoms with E-state index >= 15 is 0 Å². The van der Waals surface area contributed by atoms with E-state index in [0.717, 1.165) is 5.39 Å². The van der Waals surface area contributed by atoms with Crippen LogP contribution < -0.4 is 14.2 Å². The third kappa shape index (κ3) is 1.93. The van der Waals surface area contributed by atoms with Crippen LogP contribution in [0, 0.1) is 0 Å².